The number of imidazole rings is 1. The molecule has 1 aliphatic rings. The van der Waals surface area contributed by atoms with Crippen LogP contribution in [0.5, 0.6) is 0 Å². The molecule has 4 aromatic rings. The Bertz CT molecular complexity index is 1060. The number of pyridine rings is 1. The molecule has 5 rings (SSSR count). The van der Waals surface area contributed by atoms with Gasteiger partial charge in [-0.1, -0.05) is 36.4 Å². The van der Waals surface area contributed by atoms with Crippen LogP contribution >= 0.6 is 0 Å². The van der Waals surface area contributed by atoms with Gasteiger partial charge in [0.2, 0.25) is 0 Å². The first-order chi connectivity index (χ1) is 12.3. The van der Waals surface area contributed by atoms with Gasteiger partial charge in [-0.15, -0.1) is 0 Å². The molecule has 0 saturated carbocycles. The quantitative estimate of drug-likeness (QED) is 0.522. The number of benzene rings is 2. The zero-order chi connectivity index (χ0) is 16.8. The third-order valence-corrected chi connectivity index (χ3v) is 5.11. The topological polar surface area (TPSA) is 30.7 Å². The summed E-state index contributed by atoms with van der Waals surface area (Å²) in [4.78, 5) is 9.21. The normalized spacial score (nSPS) is 16.3. The fraction of sp³-hybridized carbons (Fsp3) is 0.182. The molecule has 25 heavy (non-hydrogen) atoms. The van der Waals surface area contributed by atoms with Crippen molar-refractivity contribution in [2.45, 2.75) is 25.8 Å². The molecule has 122 valence electrons. The van der Waals surface area contributed by atoms with Gasteiger partial charge >= 0.3 is 0 Å². The van der Waals surface area contributed by atoms with Crippen LogP contribution in [-0.2, 0) is 6.42 Å². The summed E-state index contributed by atoms with van der Waals surface area (Å²) in [6.07, 6.45) is 5.99. The first-order valence-electron chi connectivity index (χ1n) is 8.77. The van der Waals surface area contributed by atoms with E-state index in [0.717, 1.165) is 23.9 Å². The maximum atomic E-state index is 4.87. The van der Waals surface area contributed by atoms with Crippen molar-refractivity contribution in [1.82, 2.24) is 14.5 Å². The molecule has 0 fully saturated rings. The lowest BCUT2D eigenvalue weighted by Gasteiger charge is -2.15. The van der Waals surface area contributed by atoms with E-state index in [1.807, 2.05) is 12.4 Å². The molecule has 0 bridgehead atoms. The number of aromatic nitrogens is 3. The molecule has 0 aliphatic carbocycles. The van der Waals surface area contributed by atoms with E-state index in [1.165, 1.54) is 28.0 Å². The van der Waals surface area contributed by atoms with Crippen molar-refractivity contribution in [1.29, 1.82) is 0 Å². The van der Waals surface area contributed by atoms with Crippen molar-refractivity contribution >= 4 is 11.0 Å². The first-order valence-corrected chi connectivity index (χ1v) is 8.77. The summed E-state index contributed by atoms with van der Waals surface area (Å²) in [6, 6.07) is 19.9. The molecule has 0 spiro atoms. The zero-order valence-electron chi connectivity index (χ0n) is 14.2. The first kappa shape index (κ1) is 14.4. The number of rotatable bonds is 2. The van der Waals surface area contributed by atoms with E-state index in [0.29, 0.717) is 6.04 Å². The number of aryl methyl sites for hydroxylation is 2. The Morgan fingerprint density at radius 2 is 1.84 bits per heavy atom. The Hall–Kier alpha value is -2.94. The van der Waals surface area contributed by atoms with Gasteiger partial charge < -0.3 is 4.57 Å². The Kier molecular flexibility index (Phi) is 3.20. The fourth-order valence-electron chi connectivity index (χ4n) is 3.95. The Morgan fingerprint density at radius 3 is 2.68 bits per heavy atom. The Morgan fingerprint density at radius 1 is 0.960 bits per heavy atom. The number of hydrogen-bond acceptors (Lipinski definition) is 2. The summed E-state index contributed by atoms with van der Waals surface area (Å²) in [5, 5.41) is 0. The third-order valence-electron chi connectivity index (χ3n) is 5.11. The van der Waals surface area contributed by atoms with Gasteiger partial charge in [0.1, 0.15) is 5.82 Å². The van der Waals surface area contributed by atoms with Crippen molar-refractivity contribution in [3.63, 3.8) is 0 Å². The van der Waals surface area contributed by atoms with Crippen LogP contribution in [0.25, 0.3) is 22.2 Å². The molecular weight excluding hydrogens is 306 g/mol. The van der Waals surface area contributed by atoms with Gasteiger partial charge in [-0.2, -0.15) is 0 Å². The van der Waals surface area contributed by atoms with Gasteiger partial charge in [0.05, 0.1) is 17.1 Å². The van der Waals surface area contributed by atoms with Crippen molar-refractivity contribution in [2.75, 3.05) is 0 Å². The summed E-state index contributed by atoms with van der Waals surface area (Å²) < 4.78 is 2.43. The maximum absolute atomic E-state index is 4.87. The smallest absolute Gasteiger partial charge is 0.110 e. The summed E-state index contributed by atoms with van der Waals surface area (Å²) in [7, 11) is 0. The van der Waals surface area contributed by atoms with Crippen LogP contribution in [0.1, 0.15) is 29.4 Å². The second kappa shape index (κ2) is 5.55. The van der Waals surface area contributed by atoms with Gasteiger partial charge in [-0.3, -0.25) is 4.98 Å². The van der Waals surface area contributed by atoms with Gasteiger partial charge in [-0.25, -0.2) is 4.98 Å². The second-order valence-corrected chi connectivity index (χ2v) is 6.82. The van der Waals surface area contributed by atoms with E-state index < -0.39 is 0 Å². The summed E-state index contributed by atoms with van der Waals surface area (Å²) in [5.41, 5.74) is 7.21. The molecule has 0 saturated heterocycles. The van der Waals surface area contributed by atoms with Gasteiger partial charge in [0.25, 0.3) is 0 Å². The molecule has 0 radical (unpaired) electrons. The van der Waals surface area contributed by atoms with Gasteiger partial charge in [-0.05, 0) is 48.2 Å². The number of nitrogens with zero attached hydrogens (tertiary/aromatic N) is 3. The molecule has 1 unspecified atom stereocenters. The summed E-state index contributed by atoms with van der Waals surface area (Å²) in [6.45, 7) is 2.08. The van der Waals surface area contributed by atoms with Crippen molar-refractivity contribution in [3.8, 4) is 11.1 Å². The molecule has 3 heterocycles. The largest absolute Gasteiger partial charge is 0.320 e. The minimum absolute atomic E-state index is 0.382. The fourth-order valence-corrected chi connectivity index (χ4v) is 3.95. The van der Waals surface area contributed by atoms with E-state index in [-0.39, 0.29) is 0 Å². The van der Waals surface area contributed by atoms with Crippen molar-refractivity contribution < 1.29 is 0 Å². The van der Waals surface area contributed by atoms with Crippen LogP contribution < -0.4 is 0 Å². The minimum Gasteiger partial charge on any atom is -0.320 e. The third kappa shape index (κ3) is 2.35. The van der Waals surface area contributed by atoms with Gasteiger partial charge in [0, 0.05) is 24.4 Å². The predicted octanol–water partition coefficient (Wildman–Crippen LogP) is 4.94. The van der Waals surface area contributed by atoms with E-state index in [1.54, 1.807) is 0 Å². The Labute approximate surface area is 147 Å². The minimum atomic E-state index is 0.382. The highest BCUT2D eigenvalue weighted by atomic mass is 15.1. The highest BCUT2D eigenvalue weighted by Gasteiger charge is 2.26. The van der Waals surface area contributed by atoms with Crippen molar-refractivity contribution in [3.05, 3.63) is 83.9 Å². The van der Waals surface area contributed by atoms with Crippen LogP contribution in [0, 0.1) is 6.92 Å². The van der Waals surface area contributed by atoms with Crippen LogP contribution in [0.3, 0.4) is 0 Å². The molecule has 3 heteroatoms. The average molecular weight is 325 g/mol. The summed E-state index contributed by atoms with van der Waals surface area (Å²) in [5.74, 6) is 1.20. The van der Waals surface area contributed by atoms with E-state index >= 15 is 0 Å². The van der Waals surface area contributed by atoms with E-state index in [2.05, 4.69) is 71.1 Å². The van der Waals surface area contributed by atoms with E-state index in [4.69, 9.17) is 4.98 Å². The molecule has 0 amide bonds. The molecule has 1 atom stereocenters. The highest BCUT2D eigenvalue weighted by molar-refractivity contribution is 5.83. The lowest BCUT2D eigenvalue weighted by atomic mass is 10.0. The number of fused-ring (bicyclic) bond motifs is 3. The molecule has 0 N–H and O–H groups in total. The predicted molar refractivity (Wildman–Crippen MR) is 101 cm³/mol. The van der Waals surface area contributed by atoms with Crippen LogP contribution in [-0.4, -0.2) is 14.5 Å². The molecule has 2 aromatic carbocycles. The molecule has 2 aromatic heterocycles. The van der Waals surface area contributed by atoms with Crippen LogP contribution in [0.15, 0.2) is 67.0 Å². The van der Waals surface area contributed by atoms with E-state index in [9.17, 15) is 0 Å². The lowest BCUT2D eigenvalue weighted by Crippen LogP contribution is -2.05. The molecule has 3 nitrogen and oxygen atoms in total. The average Bonchev–Trinajstić information content (AvgIpc) is 3.21. The lowest BCUT2D eigenvalue weighted by molar-refractivity contribution is 0.637. The number of hydrogen-bond donors (Lipinski definition) is 0. The standard InChI is InChI=1S/C22H19N3/c1-15-11-18(14-23-13-15)17-7-8-19-21(12-17)25-20(9-10-22(25)24-19)16-5-3-2-4-6-16/h2-8,11-14,20H,9-10H2,1H3. The summed E-state index contributed by atoms with van der Waals surface area (Å²) >= 11 is 0. The monoisotopic (exact) mass is 325 g/mol. The zero-order valence-corrected chi connectivity index (χ0v) is 14.2. The van der Waals surface area contributed by atoms with Crippen LogP contribution in [0.4, 0.5) is 0 Å². The highest BCUT2D eigenvalue weighted by Crippen LogP contribution is 2.36. The maximum Gasteiger partial charge on any atom is 0.110 e. The Balaban J connectivity index is 1.68. The molecule has 1 aliphatic heterocycles. The molecular formula is C22H19N3. The van der Waals surface area contributed by atoms with Crippen LogP contribution in [0.2, 0.25) is 0 Å². The van der Waals surface area contributed by atoms with Gasteiger partial charge in [0.15, 0.2) is 0 Å². The SMILES string of the molecule is Cc1cncc(-c2ccc3nc4n(c3c2)C(c2ccccc2)CC4)c1. The second-order valence-electron chi connectivity index (χ2n) is 6.82. The van der Waals surface area contributed by atoms with Crippen molar-refractivity contribution in [2.24, 2.45) is 0 Å².